The monoisotopic (exact) mass is 488 g/mol. The van der Waals surface area contributed by atoms with Crippen molar-refractivity contribution >= 4 is 0 Å². The van der Waals surface area contributed by atoms with Gasteiger partial charge in [0.05, 0.1) is 32.0 Å². The molecule has 0 heterocycles. The van der Waals surface area contributed by atoms with Gasteiger partial charge in [0.1, 0.15) is 12.2 Å². The highest BCUT2D eigenvalue weighted by Crippen LogP contribution is 2.25. The molecule has 0 unspecified atom stereocenters. The molecule has 0 saturated carbocycles. The van der Waals surface area contributed by atoms with Crippen LogP contribution in [0.1, 0.15) is 49.3 Å². The van der Waals surface area contributed by atoms with E-state index in [1.165, 1.54) is 0 Å². The summed E-state index contributed by atoms with van der Waals surface area (Å²) in [7, 11) is 0. The van der Waals surface area contributed by atoms with Gasteiger partial charge in [-0.1, -0.05) is 117 Å². The number of aliphatic hydroxyl groups is 1. The van der Waals surface area contributed by atoms with Crippen LogP contribution in [-0.4, -0.2) is 29.5 Å². The zero-order valence-electron chi connectivity index (χ0n) is 21.4. The van der Waals surface area contributed by atoms with E-state index in [0.717, 1.165) is 36.0 Å². The number of aliphatic hydroxyl groups excluding tert-OH is 1. The molecule has 0 amide bonds. The molecule has 36 heavy (non-hydrogen) atoms. The Morgan fingerprint density at radius 3 is 1.58 bits per heavy atom. The molecule has 4 heteroatoms. The van der Waals surface area contributed by atoms with Gasteiger partial charge in [0, 0.05) is 0 Å². The Bertz CT molecular complexity index is 961. The molecule has 4 atom stereocenters. The van der Waals surface area contributed by atoms with Crippen molar-refractivity contribution in [1.29, 1.82) is 0 Å². The smallest absolute Gasteiger partial charge is 0.113 e. The molecule has 0 saturated heterocycles. The largest absolute Gasteiger partial charge is 0.390 e. The van der Waals surface area contributed by atoms with E-state index in [2.05, 4.69) is 25.6 Å². The predicted octanol–water partition coefficient (Wildman–Crippen LogP) is 6.87. The lowest BCUT2D eigenvalue weighted by Gasteiger charge is -2.36. The number of ether oxygens (including phenoxy) is 3. The minimum atomic E-state index is -0.767. The summed E-state index contributed by atoms with van der Waals surface area (Å²) in [4.78, 5) is 0. The quantitative estimate of drug-likeness (QED) is 0.211. The van der Waals surface area contributed by atoms with E-state index in [-0.39, 0.29) is 6.10 Å². The van der Waals surface area contributed by atoms with Gasteiger partial charge in [0.2, 0.25) is 0 Å². The van der Waals surface area contributed by atoms with Crippen LogP contribution in [0.25, 0.3) is 0 Å². The molecule has 0 aliphatic heterocycles. The topological polar surface area (TPSA) is 47.9 Å². The van der Waals surface area contributed by atoms with Gasteiger partial charge in [0.15, 0.2) is 0 Å². The van der Waals surface area contributed by atoms with E-state index in [0.29, 0.717) is 26.2 Å². The van der Waals surface area contributed by atoms with Crippen molar-refractivity contribution in [1.82, 2.24) is 0 Å². The minimum absolute atomic E-state index is 0.242. The second-order valence-electron chi connectivity index (χ2n) is 9.09. The first-order valence-corrected chi connectivity index (χ1v) is 13.0. The van der Waals surface area contributed by atoms with Crippen molar-refractivity contribution in [2.24, 2.45) is 0 Å². The molecule has 0 aliphatic carbocycles. The number of hydrogen-bond donors (Lipinski definition) is 1. The van der Waals surface area contributed by atoms with Crippen molar-refractivity contribution in [2.75, 3.05) is 0 Å². The number of rotatable bonds is 17. The van der Waals surface area contributed by atoms with Crippen LogP contribution < -0.4 is 0 Å². The van der Waals surface area contributed by atoms with Crippen LogP contribution in [0.5, 0.6) is 0 Å². The first kappa shape index (κ1) is 27.8. The molecule has 0 aromatic heterocycles. The van der Waals surface area contributed by atoms with Gasteiger partial charge >= 0.3 is 0 Å². The molecule has 0 spiro atoms. The SMILES string of the molecule is C=CC[C@@H](O)[C@@H](OCc1ccccc1)[C@H](OCc1ccccc1)[C@H](CCCC)OCc1ccccc1. The summed E-state index contributed by atoms with van der Waals surface area (Å²) in [6, 6.07) is 30.3. The first-order chi connectivity index (χ1) is 17.7. The van der Waals surface area contributed by atoms with Crippen LogP contribution >= 0.6 is 0 Å². The third-order valence-corrected chi connectivity index (χ3v) is 6.20. The molecule has 192 valence electrons. The lowest BCUT2D eigenvalue weighted by Crippen LogP contribution is -2.48. The van der Waals surface area contributed by atoms with Gasteiger partial charge in [-0.2, -0.15) is 0 Å². The molecular weight excluding hydrogens is 448 g/mol. The molecule has 3 aromatic rings. The van der Waals surface area contributed by atoms with Crippen LogP contribution in [0.3, 0.4) is 0 Å². The zero-order chi connectivity index (χ0) is 25.4. The van der Waals surface area contributed by atoms with Gasteiger partial charge in [-0.3, -0.25) is 0 Å². The molecular formula is C32H40O4. The standard InChI is InChI=1S/C32H40O4/c1-3-5-22-30(34-23-26-16-9-6-10-17-26)32(36-25-28-20-13-8-14-21-28)31(29(33)15-4-2)35-24-27-18-11-7-12-19-27/h4,6-14,16-21,29-33H,2-3,5,15,22-25H2,1H3/t29-,30+,31-,32-/m1/s1. The first-order valence-electron chi connectivity index (χ1n) is 13.0. The highest BCUT2D eigenvalue weighted by atomic mass is 16.6. The van der Waals surface area contributed by atoms with Crippen LogP contribution in [0, 0.1) is 0 Å². The van der Waals surface area contributed by atoms with Crippen molar-refractivity contribution in [3.8, 4) is 0 Å². The lowest BCUT2D eigenvalue weighted by molar-refractivity contribution is -0.180. The van der Waals surface area contributed by atoms with E-state index < -0.39 is 18.3 Å². The summed E-state index contributed by atoms with van der Waals surface area (Å²) in [5, 5.41) is 11.2. The van der Waals surface area contributed by atoms with Gasteiger partial charge in [-0.05, 0) is 29.5 Å². The summed E-state index contributed by atoms with van der Waals surface area (Å²) < 4.78 is 19.5. The minimum Gasteiger partial charge on any atom is -0.390 e. The second kappa shape index (κ2) is 16.1. The van der Waals surface area contributed by atoms with E-state index in [9.17, 15) is 5.11 Å². The van der Waals surface area contributed by atoms with Crippen LogP contribution in [0.2, 0.25) is 0 Å². The maximum absolute atomic E-state index is 11.2. The summed E-state index contributed by atoms with van der Waals surface area (Å²) in [6.07, 6.45) is 2.94. The van der Waals surface area contributed by atoms with Gasteiger partial charge in [0.25, 0.3) is 0 Å². The molecule has 3 rings (SSSR count). The fourth-order valence-electron chi connectivity index (χ4n) is 4.20. The maximum Gasteiger partial charge on any atom is 0.113 e. The van der Waals surface area contributed by atoms with E-state index in [1.54, 1.807) is 6.08 Å². The summed E-state index contributed by atoms with van der Waals surface area (Å²) in [5.41, 5.74) is 3.22. The number of hydrogen-bond acceptors (Lipinski definition) is 4. The van der Waals surface area contributed by atoms with Gasteiger partial charge in [-0.15, -0.1) is 6.58 Å². The summed E-state index contributed by atoms with van der Waals surface area (Å²) in [5.74, 6) is 0. The van der Waals surface area contributed by atoms with Crippen molar-refractivity contribution < 1.29 is 19.3 Å². The molecule has 4 nitrogen and oxygen atoms in total. The predicted molar refractivity (Wildman–Crippen MR) is 145 cm³/mol. The Morgan fingerprint density at radius 1 is 0.694 bits per heavy atom. The molecule has 1 N–H and O–H groups in total. The average Bonchev–Trinajstić information content (AvgIpc) is 2.93. The van der Waals surface area contributed by atoms with Gasteiger partial charge in [-0.25, -0.2) is 0 Å². The average molecular weight is 489 g/mol. The second-order valence-corrected chi connectivity index (χ2v) is 9.09. The lowest BCUT2D eigenvalue weighted by atomic mass is 9.96. The van der Waals surface area contributed by atoms with Gasteiger partial charge < -0.3 is 19.3 Å². The normalized spacial score (nSPS) is 14.6. The van der Waals surface area contributed by atoms with Crippen LogP contribution in [0.4, 0.5) is 0 Å². The zero-order valence-corrected chi connectivity index (χ0v) is 21.4. The van der Waals surface area contributed by atoms with E-state index in [4.69, 9.17) is 14.2 Å². The Kier molecular flexibility index (Phi) is 12.4. The molecule has 0 radical (unpaired) electrons. The van der Waals surface area contributed by atoms with E-state index in [1.807, 2.05) is 78.9 Å². The van der Waals surface area contributed by atoms with Crippen molar-refractivity contribution in [3.63, 3.8) is 0 Å². The Balaban J connectivity index is 1.86. The molecule has 0 bridgehead atoms. The highest BCUT2D eigenvalue weighted by molar-refractivity contribution is 5.15. The number of benzene rings is 3. The Hall–Kier alpha value is -2.76. The summed E-state index contributed by atoms with van der Waals surface area (Å²) >= 11 is 0. The Morgan fingerprint density at radius 2 is 1.14 bits per heavy atom. The highest BCUT2D eigenvalue weighted by Gasteiger charge is 2.36. The van der Waals surface area contributed by atoms with Crippen LogP contribution in [0.15, 0.2) is 104 Å². The third-order valence-electron chi connectivity index (χ3n) is 6.20. The third kappa shape index (κ3) is 9.36. The maximum atomic E-state index is 11.2. The molecule has 0 aliphatic rings. The van der Waals surface area contributed by atoms with E-state index >= 15 is 0 Å². The molecule has 0 fully saturated rings. The summed E-state index contributed by atoms with van der Waals surface area (Å²) in [6.45, 7) is 7.27. The fraction of sp³-hybridized carbons (Fsp3) is 0.375. The Labute approximate surface area is 216 Å². The van der Waals surface area contributed by atoms with Crippen LogP contribution in [-0.2, 0) is 34.0 Å². The van der Waals surface area contributed by atoms with Crippen molar-refractivity contribution in [3.05, 3.63) is 120 Å². The molecule has 3 aromatic carbocycles. The van der Waals surface area contributed by atoms with Crippen molar-refractivity contribution in [2.45, 2.75) is 76.8 Å². The fourth-order valence-corrected chi connectivity index (χ4v) is 4.20. The number of unbranched alkanes of at least 4 members (excludes halogenated alkanes) is 1.